The Morgan fingerprint density at radius 1 is 1.09 bits per heavy atom. The van der Waals surface area contributed by atoms with Crippen LogP contribution in [0.25, 0.3) is 10.9 Å². The van der Waals surface area contributed by atoms with Crippen LogP contribution in [0.4, 0.5) is 5.69 Å². The molecule has 0 aliphatic carbocycles. The van der Waals surface area contributed by atoms with Gasteiger partial charge in [0.1, 0.15) is 5.82 Å². The van der Waals surface area contributed by atoms with Gasteiger partial charge >= 0.3 is 0 Å². The lowest BCUT2D eigenvalue weighted by atomic mass is 10.1. The zero-order valence-corrected chi connectivity index (χ0v) is 19.9. The number of halogens is 1. The van der Waals surface area contributed by atoms with E-state index in [4.69, 9.17) is 26.2 Å². The Bertz CT molecular complexity index is 1310. The molecule has 1 N–H and O–H groups in total. The van der Waals surface area contributed by atoms with Gasteiger partial charge < -0.3 is 19.4 Å². The van der Waals surface area contributed by atoms with Crippen LogP contribution in [0.15, 0.2) is 42.7 Å². The Kier molecular flexibility index (Phi) is 5.55. The average Bonchev–Trinajstić information content (AvgIpc) is 3.60. The number of imidazole rings is 1. The van der Waals surface area contributed by atoms with Crippen LogP contribution >= 0.6 is 11.6 Å². The van der Waals surface area contributed by atoms with Gasteiger partial charge in [-0.3, -0.25) is 9.58 Å². The molecule has 1 saturated heterocycles. The van der Waals surface area contributed by atoms with Crippen LogP contribution < -0.4 is 14.4 Å². The van der Waals surface area contributed by atoms with Crippen molar-refractivity contribution in [3.05, 3.63) is 64.8 Å². The number of piperazine rings is 1. The highest BCUT2D eigenvalue weighted by atomic mass is 35.5. The molecule has 2 aliphatic heterocycles. The molecule has 2 aromatic carbocycles. The molecule has 0 saturated carbocycles. The third kappa shape index (κ3) is 3.97. The maximum Gasteiger partial charge on any atom is 0.231 e. The maximum absolute atomic E-state index is 6.34. The minimum atomic E-state index is 0.263. The quantitative estimate of drug-likeness (QED) is 0.453. The zero-order valence-electron chi connectivity index (χ0n) is 19.1. The number of rotatable bonds is 6. The number of benzene rings is 2. The fourth-order valence-corrected chi connectivity index (χ4v) is 5.05. The number of aromatic nitrogens is 4. The molecule has 9 heteroatoms. The Hall–Kier alpha value is -3.23. The lowest BCUT2D eigenvalue weighted by Crippen LogP contribution is -2.47. The molecule has 0 radical (unpaired) electrons. The number of fused-ring (bicyclic) bond motifs is 2. The van der Waals surface area contributed by atoms with Crippen LogP contribution in [0.1, 0.15) is 17.1 Å². The van der Waals surface area contributed by atoms with E-state index in [1.807, 2.05) is 29.1 Å². The zero-order chi connectivity index (χ0) is 23.1. The largest absolute Gasteiger partial charge is 0.454 e. The summed E-state index contributed by atoms with van der Waals surface area (Å²) in [4.78, 5) is 12.5. The third-order valence-corrected chi connectivity index (χ3v) is 7.20. The molecule has 4 aromatic rings. The lowest BCUT2D eigenvalue weighted by Gasteiger charge is -2.36. The standard InChI is InChI=1S/C25H27ClN6O2/c1-17-19(26)3-2-4-21(17)31-11-9-30(10-12-31)8-5-20-18-13-23-24(34-16-33-23)14-22(18)32(29-20)15-25-27-6-7-28-25/h2-4,6-7,13-14H,5,8-12,15-16H2,1H3,(H,27,28). The number of aromatic amines is 1. The molecule has 0 atom stereocenters. The smallest absolute Gasteiger partial charge is 0.231 e. The second-order valence-electron chi connectivity index (χ2n) is 8.83. The van der Waals surface area contributed by atoms with Gasteiger partial charge in [-0.15, -0.1) is 0 Å². The van der Waals surface area contributed by atoms with E-state index < -0.39 is 0 Å². The van der Waals surface area contributed by atoms with Gasteiger partial charge in [0.25, 0.3) is 0 Å². The molecular formula is C25H27ClN6O2. The average molecular weight is 479 g/mol. The Morgan fingerprint density at radius 3 is 2.71 bits per heavy atom. The van der Waals surface area contributed by atoms with E-state index in [2.05, 4.69) is 38.8 Å². The summed E-state index contributed by atoms with van der Waals surface area (Å²) in [6.45, 7) is 7.93. The van der Waals surface area contributed by atoms with Crippen molar-refractivity contribution in [2.75, 3.05) is 44.4 Å². The molecule has 0 unspecified atom stereocenters. The molecular weight excluding hydrogens is 452 g/mol. The highest BCUT2D eigenvalue weighted by molar-refractivity contribution is 6.31. The van der Waals surface area contributed by atoms with Crippen LogP contribution in [-0.2, 0) is 13.0 Å². The molecule has 2 aliphatic rings. The van der Waals surface area contributed by atoms with Gasteiger partial charge in [0, 0.05) is 73.7 Å². The molecule has 4 heterocycles. The molecule has 34 heavy (non-hydrogen) atoms. The SMILES string of the molecule is Cc1c(Cl)cccc1N1CCN(CCc2nn(Cc3ncc[nH]3)c3cc4c(cc23)OCO4)CC1. The number of hydrogen-bond acceptors (Lipinski definition) is 6. The normalized spacial score (nSPS) is 16.0. The Labute approximate surface area is 203 Å². The van der Waals surface area contributed by atoms with E-state index in [1.54, 1.807) is 6.20 Å². The van der Waals surface area contributed by atoms with Crippen molar-refractivity contribution in [1.29, 1.82) is 0 Å². The number of nitrogens with zero attached hydrogens (tertiary/aromatic N) is 5. The number of ether oxygens (including phenoxy) is 2. The third-order valence-electron chi connectivity index (χ3n) is 6.79. The monoisotopic (exact) mass is 478 g/mol. The maximum atomic E-state index is 6.34. The molecule has 6 rings (SSSR count). The Balaban J connectivity index is 1.17. The fraction of sp³-hybridized carbons (Fsp3) is 0.360. The molecule has 0 amide bonds. The van der Waals surface area contributed by atoms with Gasteiger partial charge in [0.05, 0.1) is 17.8 Å². The molecule has 1 fully saturated rings. The van der Waals surface area contributed by atoms with E-state index in [0.717, 1.165) is 83.7 Å². The first-order valence-corrected chi connectivity index (χ1v) is 12.0. The summed E-state index contributed by atoms with van der Waals surface area (Å²) in [7, 11) is 0. The predicted molar refractivity (Wildman–Crippen MR) is 132 cm³/mol. The summed E-state index contributed by atoms with van der Waals surface area (Å²) in [5.74, 6) is 2.44. The van der Waals surface area contributed by atoms with Crippen LogP contribution in [0.5, 0.6) is 11.5 Å². The number of anilines is 1. The minimum Gasteiger partial charge on any atom is -0.454 e. The Morgan fingerprint density at radius 2 is 1.91 bits per heavy atom. The summed E-state index contributed by atoms with van der Waals surface area (Å²) in [6, 6.07) is 10.3. The van der Waals surface area contributed by atoms with Crippen LogP contribution in [0, 0.1) is 6.92 Å². The molecule has 0 spiro atoms. The predicted octanol–water partition coefficient (Wildman–Crippen LogP) is 3.86. The second-order valence-corrected chi connectivity index (χ2v) is 9.23. The second kappa shape index (κ2) is 8.85. The van der Waals surface area contributed by atoms with Gasteiger partial charge in [0.2, 0.25) is 6.79 Å². The van der Waals surface area contributed by atoms with E-state index in [1.165, 1.54) is 5.69 Å². The van der Waals surface area contributed by atoms with Crippen molar-refractivity contribution < 1.29 is 9.47 Å². The van der Waals surface area contributed by atoms with E-state index in [9.17, 15) is 0 Å². The van der Waals surface area contributed by atoms with Crippen LogP contribution in [-0.4, -0.2) is 64.2 Å². The molecule has 176 valence electrons. The van der Waals surface area contributed by atoms with Crippen molar-refractivity contribution in [2.24, 2.45) is 0 Å². The summed E-state index contributed by atoms with van der Waals surface area (Å²) in [5.41, 5.74) is 4.51. The first-order chi connectivity index (χ1) is 16.7. The van der Waals surface area contributed by atoms with E-state index in [0.29, 0.717) is 6.54 Å². The van der Waals surface area contributed by atoms with E-state index >= 15 is 0 Å². The van der Waals surface area contributed by atoms with Crippen molar-refractivity contribution in [2.45, 2.75) is 19.9 Å². The summed E-state index contributed by atoms with van der Waals surface area (Å²) in [6.07, 6.45) is 4.47. The highest BCUT2D eigenvalue weighted by Crippen LogP contribution is 2.37. The fourth-order valence-electron chi connectivity index (χ4n) is 4.88. The van der Waals surface area contributed by atoms with Gasteiger partial charge in [0.15, 0.2) is 11.5 Å². The topological polar surface area (TPSA) is 71.4 Å². The van der Waals surface area contributed by atoms with Crippen LogP contribution in [0.3, 0.4) is 0 Å². The van der Waals surface area contributed by atoms with E-state index in [-0.39, 0.29) is 6.79 Å². The summed E-state index contributed by atoms with van der Waals surface area (Å²) < 4.78 is 13.3. The van der Waals surface area contributed by atoms with Gasteiger partial charge in [-0.1, -0.05) is 17.7 Å². The lowest BCUT2D eigenvalue weighted by molar-refractivity contribution is 0.174. The summed E-state index contributed by atoms with van der Waals surface area (Å²) >= 11 is 6.34. The van der Waals surface area contributed by atoms with Gasteiger partial charge in [-0.25, -0.2) is 4.98 Å². The minimum absolute atomic E-state index is 0.263. The highest BCUT2D eigenvalue weighted by Gasteiger charge is 2.22. The van der Waals surface area contributed by atoms with Crippen molar-refractivity contribution in [3.8, 4) is 11.5 Å². The number of hydrogen-bond donors (Lipinski definition) is 1. The number of H-pyrrole nitrogens is 1. The first-order valence-electron chi connectivity index (χ1n) is 11.7. The molecule has 2 aromatic heterocycles. The molecule has 8 nitrogen and oxygen atoms in total. The number of nitrogens with one attached hydrogen (secondary N) is 1. The van der Waals surface area contributed by atoms with Crippen molar-refractivity contribution in [3.63, 3.8) is 0 Å². The van der Waals surface area contributed by atoms with Crippen molar-refractivity contribution in [1.82, 2.24) is 24.6 Å². The van der Waals surface area contributed by atoms with Gasteiger partial charge in [-0.05, 0) is 30.7 Å². The van der Waals surface area contributed by atoms with Crippen molar-refractivity contribution >= 4 is 28.2 Å². The van der Waals surface area contributed by atoms with Crippen LogP contribution in [0.2, 0.25) is 5.02 Å². The first kappa shape index (κ1) is 21.3. The van der Waals surface area contributed by atoms with Gasteiger partial charge in [-0.2, -0.15) is 5.10 Å². The molecule has 0 bridgehead atoms. The summed E-state index contributed by atoms with van der Waals surface area (Å²) in [5, 5.41) is 6.91.